The molecule has 0 saturated carbocycles. The molecule has 0 amide bonds. The Kier molecular flexibility index (Phi) is 2.80. The zero-order valence-electron chi connectivity index (χ0n) is 6.49. The Morgan fingerprint density at radius 2 is 2.00 bits per heavy atom. The van der Waals surface area contributed by atoms with Crippen molar-refractivity contribution >= 4 is 12.2 Å². The minimum Gasteiger partial charge on any atom is -0.288 e. The summed E-state index contributed by atoms with van der Waals surface area (Å²) in [4.78, 5) is 24.4. The molecule has 0 N–H and O–H groups in total. The third-order valence-electron chi connectivity index (χ3n) is 1.27. The van der Waals surface area contributed by atoms with Gasteiger partial charge in [0, 0.05) is 0 Å². The van der Waals surface area contributed by atoms with Crippen molar-refractivity contribution in [3.8, 4) is 0 Å². The normalized spacial score (nSPS) is 8.92. The summed E-state index contributed by atoms with van der Waals surface area (Å²) in [5.74, 6) is 0. The number of carbonyl (C=O) groups excluding carboxylic acids is 1. The smallest absolute Gasteiger partial charge is 0.288 e. The molecule has 13 heavy (non-hydrogen) atoms. The molecule has 0 aliphatic heterocycles. The van der Waals surface area contributed by atoms with Gasteiger partial charge in [-0.15, -0.1) is 0 Å². The standard InChI is InChI=1S/C7H6N2O4/c10-6-13-8(9(11)12)7-4-2-1-3-5-7/h1-6H. The Bertz CT molecular complexity index is 301. The van der Waals surface area contributed by atoms with Gasteiger partial charge in [-0.1, -0.05) is 18.2 Å². The average molecular weight is 182 g/mol. The van der Waals surface area contributed by atoms with Gasteiger partial charge in [-0.25, -0.2) is 10.1 Å². The van der Waals surface area contributed by atoms with Crippen LogP contribution < -0.4 is 5.17 Å². The fourth-order valence-corrected chi connectivity index (χ4v) is 0.790. The molecule has 0 saturated heterocycles. The Hall–Kier alpha value is -2.11. The predicted octanol–water partition coefficient (Wildman–Crippen LogP) is 0.773. The Morgan fingerprint density at radius 3 is 2.46 bits per heavy atom. The quantitative estimate of drug-likeness (QED) is 0.390. The number of nitro groups is 1. The Labute approximate surface area is 73.4 Å². The summed E-state index contributed by atoms with van der Waals surface area (Å²) >= 11 is 0. The van der Waals surface area contributed by atoms with Crippen molar-refractivity contribution in [3.05, 3.63) is 40.4 Å². The van der Waals surface area contributed by atoms with Crippen LogP contribution in [-0.2, 0) is 9.63 Å². The molecule has 0 bridgehead atoms. The molecule has 0 atom stereocenters. The molecule has 0 aliphatic carbocycles. The third kappa shape index (κ3) is 2.16. The van der Waals surface area contributed by atoms with Crippen LogP contribution in [0.2, 0.25) is 0 Å². The molecule has 0 aromatic heterocycles. The topological polar surface area (TPSA) is 72.7 Å². The molecule has 0 heterocycles. The van der Waals surface area contributed by atoms with Crippen molar-refractivity contribution in [2.45, 2.75) is 0 Å². The largest absolute Gasteiger partial charge is 0.327 e. The maximum absolute atomic E-state index is 10.3. The van der Waals surface area contributed by atoms with Crippen molar-refractivity contribution in [1.82, 2.24) is 0 Å². The van der Waals surface area contributed by atoms with Gasteiger partial charge < -0.3 is 0 Å². The second-order valence-electron chi connectivity index (χ2n) is 2.05. The fraction of sp³-hybridized carbons (Fsp3) is 0. The molecule has 0 unspecified atom stereocenters. The summed E-state index contributed by atoms with van der Waals surface area (Å²) in [5.41, 5.74) is 0.180. The first-order valence-corrected chi connectivity index (χ1v) is 3.35. The van der Waals surface area contributed by atoms with Crippen LogP contribution in [0.1, 0.15) is 0 Å². The van der Waals surface area contributed by atoms with Crippen LogP contribution in [0.15, 0.2) is 30.3 Å². The number of nitrogens with zero attached hydrogens (tertiary/aromatic N) is 2. The lowest BCUT2D eigenvalue weighted by Crippen LogP contribution is -2.29. The molecule has 0 spiro atoms. The third-order valence-corrected chi connectivity index (χ3v) is 1.27. The van der Waals surface area contributed by atoms with Crippen LogP contribution in [0.4, 0.5) is 5.69 Å². The molecule has 6 nitrogen and oxygen atoms in total. The van der Waals surface area contributed by atoms with Gasteiger partial charge in [0.1, 0.15) is 5.69 Å². The average Bonchev–Trinajstić information content (AvgIpc) is 2.15. The first kappa shape index (κ1) is 8.98. The number of hydrogen-bond acceptors (Lipinski definition) is 4. The predicted molar refractivity (Wildman–Crippen MR) is 43.1 cm³/mol. The molecule has 6 heteroatoms. The highest BCUT2D eigenvalue weighted by molar-refractivity contribution is 5.46. The summed E-state index contributed by atoms with van der Waals surface area (Å²) in [7, 11) is 0. The van der Waals surface area contributed by atoms with E-state index in [2.05, 4.69) is 4.84 Å². The van der Waals surface area contributed by atoms with E-state index in [1.54, 1.807) is 18.2 Å². The molecule has 0 fully saturated rings. The van der Waals surface area contributed by atoms with E-state index >= 15 is 0 Å². The highest BCUT2D eigenvalue weighted by atomic mass is 16.8. The monoisotopic (exact) mass is 182 g/mol. The van der Waals surface area contributed by atoms with Crippen molar-refractivity contribution in [2.75, 3.05) is 5.17 Å². The molecular weight excluding hydrogens is 176 g/mol. The molecule has 0 aliphatic rings. The number of anilines is 1. The van der Waals surface area contributed by atoms with Gasteiger partial charge in [0.15, 0.2) is 0 Å². The SMILES string of the molecule is O=CON(c1ccccc1)[N+](=O)[O-]. The van der Waals surface area contributed by atoms with E-state index in [9.17, 15) is 14.9 Å². The second-order valence-corrected chi connectivity index (χ2v) is 2.05. The molecule has 1 aromatic carbocycles. The van der Waals surface area contributed by atoms with Gasteiger partial charge in [-0.3, -0.25) is 9.63 Å². The molecule has 1 aromatic rings. The number of rotatable bonds is 4. The minimum absolute atomic E-state index is 0.00417. The maximum Gasteiger partial charge on any atom is 0.327 e. The maximum atomic E-state index is 10.3. The second kappa shape index (κ2) is 4.05. The molecular formula is C7H6N2O4. The number of carbonyl (C=O) groups is 1. The summed E-state index contributed by atoms with van der Waals surface area (Å²) in [6.07, 6.45) is 0. The van der Waals surface area contributed by atoms with Crippen LogP contribution >= 0.6 is 0 Å². The number of hydrazine groups is 1. The first-order valence-electron chi connectivity index (χ1n) is 3.35. The molecule has 68 valence electrons. The van der Waals surface area contributed by atoms with E-state index < -0.39 is 5.03 Å². The van der Waals surface area contributed by atoms with Crippen LogP contribution in [0.3, 0.4) is 0 Å². The number of para-hydroxylation sites is 1. The van der Waals surface area contributed by atoms with Gasteiger partial charge in [-0.05, 0) is 12.1 Å². The summed E-state index contributed by atoms with van der Waals surface area (Å²) in [5, 5.41) is 9.79. The van der Waals surface area contributed by atoms with E-state index in [0.717, 1.165) is 0 Å². The zero-order chi connectivity index (χ0) is 9.68. The van der Waals surface area contributed by atoms with E-state index in [1.807, 2.05) is 0 Å². The van der Waals surface area contributed by atoms with E-state index in [1.165, 1.54) is 12.1 Å². The number of hydrogen-bond donors (Lipinski definition) is 0. The van der Waals surface area contributed by atoms with E-state index in [0.29, 0.717) is 0 Å². The summed E-state index contributed by atoms with van der Waals surface area (Å²) < 4.78 is 0. The number of benzene rings is 1. The van der Waals surface area contributed by atoms with Gasteiger partial charge in [0.05, 0.1) is 5.17 Å². The lowest BCUT2D eigenvalue weighted by atomic mass is 10.3. The Balaban J connectivity index is 2.88. The van der Waals surface area contributed by atoms with Crippen LogP contribution in [0, 0.1) is 10.1 Å². The fourth-order valence-electron chi connectivity index (χ4n) is 0.790. The zero-order valence-corrected chi connectivity index (χ0v) is 6.49. The highest BCUT2D eigenvalue weighted by Gasteiger charge is 2.17. The van der Waals surface area contributed by atoms with Crippen LogP contribution in [0.5, 0.6) is 0 Å². The van der Waals surface area contributed by atoms with Gasteiger partial charge in [-0.2, -0.15) is 0 Å². The molecule has 1 rings (SSSR count). The summed E-state index contributed by atoms with van der Waals surface area (Å²) in [6.45, 7) is -0.00417. The molecule has 0 radical (unpaired) electrons. The van der Waals surface area contributed by atoms with E-state index in [-0.39, 0.29) is 17.3 Å². The van der Waals surface area contributed by atoms with Crippen molar-refractivity contribution in [1.29, 1.82) is 0 Å². The highest BCUT2D eigenvalue weighted by Crippen LogP contribution is 2.12. The van der Waals surface area contributed by atoms with Crippen molar-refractivity contribution in [3.63, 3.8) is 0 Å². The van der Waals surface area contributed by atoms with Gasteiger partial charge in [0.25, 0.3) is 0 Å². The Morgan fingerprint density at radius 1 is 1.38 bits per heavy atom. The van der Waals surface area contributed by atoms with Crippen LogP contribution in [0.25, 0.3) is 0 Å². The van der Waals surface area contributed by atoms with Crippen molar-refractivity contribution < 1.29 is 14.7 Å². The van der Waals surface area contributed by atoms with Gasteiger partial charge >= 0.3 is 6.47 Å². The van der Waals surface area contributed by atoms with E-state index in [4.69, 9.17) is 0 Å². The lowest BCUT2D eigenvalue weighted by Gasteiger charge is -2.08. The van der Waals surface area contributed by atoms with Gasteiger partial charge in [0.2, 0.25) is 5.03 Å². The first-order chi connectivity index (χ1) is 6.25. The van der Waals surface area contributed by atoms with Crippen LogP contribution in [-0.4, -0.2) is 11.5 Å². The van der Waals surface area contributed by atoms with Crippen molar-refractivity contribution in [2.24, 2.45) is 0 Å². The lowest BCUT2D eigenvalue weighted by molar-refractivity contribution is -0.538. The minimum atomic E-state index is -0.830. The summed E-state index contributed by atoms with van der Waals surface area (Å²) in [6, 6.07) is 7.79.